The molecule has 0 spiro atoms. The first-order chi connectivity index (χ1) is 14.3. The zero-order chi connectivity index (χ0) is 19.8. The fourth-order valence-electron chi connectivity index (χ4n) is 4.20. The van der Waals surface area contributed by atoms with E-state index < -0.39 is 0 Å². The summed E-state index contributed by atoms with van der Waals surface area (Å²) in [5, 5.41) is 5.06. The Kier molecular flexibility index (Phi) is 4.69. The van der Waals surface area contributed by atoms with E-state index in [-0.39, 0.29) is 0 Å². The van der Waals surface area contributed by atoms with Crippen molar-refractivity contribution in [2.75, 3.05) is 0 Å². The summed E-state index contributed by atoms with van der Waals surface area (Å²) in [6.45, 7) is 2.20. The Balaban J connectivity index is 1.91. The lowest BCUT2D eigenvalue weighted by molar-refractivity contribution is 1.14. The number of hydrogen-bond acceptors (Lipinski definition) is 0. The molecule has 1 heteroatoms. The fourth-order valence-corrected chi connectivity index (χ4v) is 4.74. The third-order valence-electron chi connectivity index (χ3n) is 5.73. The Labute approximate surface area is 180 Å². The van der Waals surface area contributed by atoms with Gasteiger partial charge in [0.2, 0.25) is 0 Å². The van der Waals surface area contributed by atoms with Gasteiger partial charge < -0.3 is 0 Å². The average Bonchev–Trinajstić information content (AvgIpc) is 2.79. The maximum Gasteiger partial charge on any atom is 0.0260 e. The van der Waals surface area contributed by atoms with Gasteiger partial charge in [0.25, 0.3) is 0 Å². The molecule has 0 heterocycles. The van der Waals surface area contributed by atoms with Crippen molar-refractivity contribution in [3.8, 4) is 22.3 Å². The van der Waals surface area contributed by atoms with Crippen LogP contribution < -0.4 is 0 Å². The van der Waals surface area contributed by atoms with Gasteiger partial charge in [-0.2, -0.15) is 0 Å². The van der Waals surface area contributed by atoms with Crippen LogP contribution in [0.2, 0.25) is 0 Å². The summed E-state index contributed by atoms with van der Waals surface area (Å²) in [5.74, 6) is 0. The molecule has 5 aromatic rings. The molecule has 0 amide bonds. The highest BCUT2D eigenvalue weighted by molar-refractivity contribution is 9.10. The molecule has 0 fully saturated rings. The molecule has 0 aromatic heterocycles. The third kappa shape index (κ3) is 3.16. The van der Waals surface area contributed by atoms with Crippen LogP contribution in [-0.2, 0) is 6.42 Å². The van der Waals surface area contributed by atoms with Gasteiger partial charge >= 0.3 is 0 Å². The Hall–Kier alpha value is -2.90. The number of rotatable bonds is 3. The molecule has 0 nitrogen and oxygen atoms in total. The van der Waals surface area contributed by atoms with Crippen molar-refractivity contribution in [1.82, 2.24) is 0 Å². The van der Waals surface area contributed by atoms with Crippen molar-refractivity contribution in [3.05, 3.63) is 107 Å². The molecular formula is C28H21Br. The number of benzene rings is 5. The van der Waals surface area contributed by atoms with Gasteiger partial charge in [-0.1, -0.05) is 114 Å². The summed E-state index contributed by atoms with van der Waals surface area (Å²) in [5.41, 5.74) is 6.43. The minimum absolute atomic E-state index is 1.06. The first-order valence-electron chi connectivity index (χ1n) is 10.0. The van der Waals surface area contributed by atoms with E-state index in [4.69, 9.17) is 0 Å². The quantitative estimate of drug-likeness (QED) is 0.265. The van der Waals surface area contributed by atoms with E-state index in [1.54, 1.807) is 0 Å². The molecule has 0 unspecified atom stereocenters. The van der Waals surface area contributed by atoms with E-state index >= 15 is 0 Å². The second-order valence-electron chi connectivity index (χ2n) is 7.40. The highest BCUT2D eigenvalue weighted by Crippen LogP contribution is 2.44. The van der Waals surface area contributed by atoms with E-state index in [9.17, 15) is 0 Å². The molecule has 0 atom stereocenters. The lowest BCUT2D eigenvalue weighted by Crippen LogP contribution is -1.91. The molecule has 0 N–H and O–H groups in total. The third-order valence-corrected chi connectivity index (χ3v) is 6.39. The van der Waals surface area contributed by atoms with E-state index in [0.717, 1.165) is 10.9 Å². The van der Waals surface area contributed by atoms with Crippen molar-refractivity contribution >= 4 is 37.5 Å². The lowest BCUT2D eigenvalue weighted by atomic mass is 9.87. The molecule has 0 saturated heterocycles. The summed E-state index contributed by atoms with van der Waals surface area (Å²) < 4.78 is 1.12. The zero-order valence-electron chi connectivity index (χ0n) is 16.3. The predicted molar refractivity (Wildman–Crippen MR) is 129 cm³/mol. The minimum atomic E-state index is 1.06. The van der Waals surface area contributed by atoms with Crippen molar-refractivity contribution in [2.45, 2.75) is 13.3 Å². The molecule has 0 radical (unpaired) electrons. The summed E-state index contributed by atoms with van der Waals surface area (Å²) >= 11 is 3.87. The summed E-state index contributed by atoms with van der Waals surface area (Å²) in [7, 11) is 0. The van der Waals surface area contributed by atoms with Gasteiger partial charge in [-0.05, 0) is 56.3 Å². The molecule has 0 saturated carbocycles. The highest BCUT2D eigenvalue weighted by atomic mass is 79.9. The summed E-state index contributed by atoms with van der Waals surface area (Å²) in [4.78, 5) is 0. The monoisotopic (exact) mass is 436 g/mol. The van der Waals surface area contributed by atoms with Crippen LogP contribution in [0.15, 0.2) is 102 Å². The predicted octanol–water partition coefficient (Wildman–Crippen LogP) is 8.65. The smallest absolute Gasteiger partial charge is 0.0260 e. The zero-order valence-corrected chi connectivity index (χ0v) is 17.9. The molecule has 0 bridgehead atoms. The van der Waals surface area contributed by atoms with Crippen molar-refractivity contribution in [3.63, 3.8) is 0 Å². The molecule has 140 valence electrons. The number of fused-ring (bicyclic) bond motifs is 2. The van der Waals surface area contributed by atoms with Gasteiger partial charge in [0.05, 0.1) is 0 Å². The molecule has 0 aliphatic rings. The van der Waals surface area contributed by atoms with Gasteiger partial charge in [-0.25, -0.2) is 0 Å². The van der Waals surface area contributed by atoms with E-state index in [1.807, 2.05) is 0 Å². The number of aryl methyl sites for hydroxylation is 1. The lowest BCUT2D eigenvalue weighted by Gasteiger charge is -2.18. The standard InChI is InChI=1S/C28H21Br/c1-2-19-11-13-22(14-12-19)25-17-15-20-7-3-5-9-23(20)27(25)28-24-10-6-4-8-21(24)16-18-26(28)29/h3-18H,2H2,1H3. The Morgan fingerprint density at radius 2 is 1.17 bits per heavy atom. The first kappa shape index (κ1) is 18.1. The maximum atomic E-state index is 3.87. The molecule has 0 aliphatic heterocycles. The minimum Gasteiger partial charge on any atom is -0.0616 e. The van der Waals surface area contributed by atoms with Gasteiger partial charge in [0, 0.05) is 10.0 Å². The van der Waals surface area contributed by atoms with Crippen molar-refractivity contribution in [1.29, 1.82) is 0 Å². The van der Waals surface area contributed by atoms with Crippen LogP contribution in [0.3, 0.4) is 0 Å². The fraction of sp³-hybridized carbons (Fsp3) is 0.0714. The Morgan fingerprint density at radius 1 is 0.586 bits per heavy atom. The van der Waals surface area contributed by atoms with Crippen LogP contribution in [0.4, 0.5) is 0 Å². The molecule has 5 rings (SSSR count). The van der Waals surface area contributed by atoms with Crippen molar-refractivity contribution in [2.24, 2.45) is 0 Å². The number of halogens is 1. The summed E-state index contributed by atoms with van der Waals surface area (Å²) in [6, 6.07) is 35.2. The Morgan fingerprint density at radius 3 is 1.83 bits per heavy atom. The van der Waals surface area contributed by atoms with Crippen LogP contribution >= 0.6 is 15.9 Å². The highest BCUT2D eigenvalue weighted by Gasteiger charge is 2.16. The molecule has 29 heavy (non-hydrogen) atoms. The van der Waals surface area contributed by atoms with E-state index in [1.165, 1.54) is 49.4 Å². The SMILES string of the molecule is CCc1ccc(-c2ccc3ccccc3c2-c2c(Br)ccc3ccccc23)cc1. The molecular weight excluding hydrogens is 416 g/mol. The second-order valence-corrected chi connectivity index (χ2v) is 8.26. The normalized spacial score (nSPS) is 11.2. The number of hydrogen-bond donors (Lipinski definition) is 0. The van der Waals surface area contributed by atoms with Crippen LogP contribution in [0.1, 0.15) is 12.5 Å². The summed E-state index contributed by atoms with van der Waals surface area (Å²) in [6.07, 6.45) is 1.06. The first-order valence-corrected chi connectivity index (χ1v) is 10.8. The second kappa shape index (κ2) is 7.50. The van der Waals surface area contributed by atoms with E-state index in [0.29, 0.717) is 0 Å². The van der Waals surface area contributed by atoms with Gasteiger partial charge in [0.1, 0.15) is 0 Å². The van der Waals surface area contributed by atoms with Crippen molar-refractivity contribution < 1.29 is 0 Å². The van der Waals surface area contributed by atoms with Crippen LogP contribution in [0.25, 0.3) is 43.8 Å². The molecule has 0 aliphatic carbocycles. The van der Waals surface area contributed by atoms with E-state index in [2.05, 4.69) is 120 Å². The largest absolute Gasteiger partial charge is 0.0616 e. The van der Waals surface area contributed by atoms with Gasteiger partial charge in [-0.3, -0.25) is 0 Å². The van der Waals surface area contributed by atoms with Crippen LogP contribution in [0.5, 0.6) is 0 Å². The van der Waals surface area contributed by atoms with Gasteiger partial charge in [0.15, 0.2) is 0 Å². The van der Waals surface area contributed by atoms with Crippen LogP contribution in [-0.4, -0.2) is 0 Å². The topological polar surface area (TPSA) is 0 Å². The van der Waals surface area contributed by atoms with Gasteiger partial charge in [-0.15, -0.1) is 0 Å². The molecule has 5 aromatic carbocycles. The van der Waals surface area contributed by atoms with Crippen LogP contribution in [0, 0.1) is 0 Å². The average molecular weight is 437 g/mol. The Bertz CT molecular complexity index is 1330. The maximum absolute atomic E-state index is 3.87.